The van der Waals surface area contributed by atoms with Gasteiger partial charge in [0.2, 0.25) is 3.79 Å². The molecule has 0 N–H and O–H groups in total. The highest BCUT2D eigenvalue weighted by Gasteiger charge is 2.50. The zero-order valence-electron chi connectivity index (χ0n) is 9.79. The van der Waals surface area contributed by atoms with Gasteiger partial charge in [0.15, 0.2) is 0 Å². The topological polar surface area (TPSA) is 0 Å². The van der Waals surface area contributed by atoms with Crippen LogP contribution in [-0.4, -0.2) is 9.97 Å². The molecule has 0 nitrogen and oxygen atoms in total. The second kappa shape index (κ2) is 7.96. The van der Waals surface area contributed by atoms with Crippen LogP contribution in [-0.2, 0) is 0 Å². The van der Waals surface area contributed by atoms with Crippen LogP contribution in [0.1, 0.15) is 51.9 Å². The van der Waals surface area contributed by atoms with Gasteiger partial charge in [0.25, 0.3) is 0 Å². The van der Waals surface area contributed by atoms with Gasteiger partial charge in [-0.2, -0.15) is 13.2 Å². The molecule has 0 amide bonds. The molecule has 0 saturated carbocycles. The summed E-state index contributed by atoms with van der Waals surface area (Å²) in [7, 11) is 0. The van der Waals surface area contributed by atoms with Gasteiger partial charge in [0.05, 0.1) is 0 Å². The molecule has 0 saturated heterocycles. The number of hydrogen-bond donors (Lipinski definition) is 0. The maximum absolute atomic E-state index is 12.6. The first-order valence-electron chi connectivity index (χ1n) is 5.83. The lowest BCUT2D eigenvalue weighted by Gasteiger charge is -2.26. The lowest BCUT2D eigenvalue weighted by atomic mass is 10.0. The van der Waals surface area contributed by atoms with E-state index in [4.69, 9.17) is 34.8 Å². The highest BCUT2D eigenvalue weighted by atomic mass is 35.6. The minimum absolute atomic E-state index is 0.119. The molecule has 0 radical (unpaired) electrons. The van der Waals surface area contributed by atoms with Gasteiger partial charge < -0.3 is 0 Å². The summed E-state index contributed by atoms with van der Waals surface area (Å²) in [6, 6.07) is 0. The van der Waals surface area contributed by atoms with Gasteiger partial charge in [-0.15, -0.1) is 0 Å². The molecule has 0 aromatic carbocycles. The lowest BCUT2D eigenvalue weighted by molar-refractivity contribution is -0.175. The summed E-state index contributed by atoms with van der Waals surface area (Å²) in [6.45, 7) is 2.09. The summed E-state index contributed by atoms with van der Waals surface area (Å²) in [5.41, 5.74) is 0. The molecule has 104 valence electrons. The SMILES string of the molecule is CCCCCCCCC(C(F)(F)F)C(Cl)(Cl)Cl. The van der Waals surface area contributed by atoms with Crippen molar-refractivity contribution in [1.29, 1.82) is 0 Å². The van der Waals surface area contributed by atoms with Gasteiger partial charge in [0, 0.05) is 0 Å². The van der Waals surface area contributed by atoms with E-state index in [9.17, 15) is 13.2 Å². The molecule has 0 aliphatic heterocycles. The number of alkyl halides is 6. The van der Waals surface area contributed by atoms with Crippen molar-refractivity contribution < 1.29 is 13.2 Å². The summed E-state index contributed by atoms with van der Waals surface area (Å²) in [6.07, 6.45) is 0.863. The Morgan fingerprint density at radius 1 is 0.882 bits per heavy atom. The predicted molar refractivity (Wildman–Crippen MR) is 67.8 cm³/mol. The first-order chi connectivity index (χ1) is 7.69. The van der Waals surface area contributed by atoms with E-state index in [1.807, 2.05) is 0 Å². The third-order valence-electron chi connectivity index (χ3n) is 2.64. The van der Waals surface area contributed by atoms with Gasteiger partial charge in [-0.1, -0.05) is 80.3 Å². The van der Waals surface area contributed by atoms with Crippen LogP contribution in [0.2, 0.25) is 0 Å². The molecule has 0 aliphatic carbocycles. The van der Waals surface area contributed by atoms with Gasteiger partial charge in [-0.25, -0.2) is 0 Å². The third kappa shape index (κ3) is 8.39. The Balaban J connectivity index is 3.95. The minimum atomic E-state index is -4.45. The maximum Gasteiger partial charge on any atom is 0.395 e. The fourth-order valence-electron chi connectivity index (χ4n) is 1.64. The zero-order chi connectivity index (χ0) is 13.5. The Kier molecular flexibility index (Phi) is 8.27. The van der Waals surface area contributed by atoms with Crippen LogP contribution in [0.3, 0.4) is 0 Å². The third-order valence-corrected chi connectivity index (χ3v) is 3.43. The van der Waals surface area contributed by atoms with E-state index in [-0.39, 0.29) is 6.42 Å². The number of rotatable bonds is 7. The first kappa shape index (κ1) is 17.7. The average Bonchev–Trinajstić information content (AvgIpc) is 2.12. The second-order valence-electron chi connectivity index (χ2n) is 4.19. The largest absolute Gasteiger partial charge is 0.395 e. The molecule has 0 aromatic rings. The number of unbranched alkanes of at least 4 members (excludes halogenated alkanes) is 5. The molecule has 6 heteroatoms. The van der Waals surface area contributed by atoms with Crippen molar-refractivity contribution in [1.82, 2.24) is 0 Å². The highest BCUT2D eigenvalue weighted by Crippen LogP contribution is 2.46. The van der Waals surface area contributed by atoms with E-state index in [0.29, 0.717) is 6.42 Å². The number of hydrogen-bond acceptors (Lipinski definition) is 0. The maximum atomic E-state index is 12.6. The Morgan fingerprint density at radius 2 is 1.35 bits per heavy atom. The van der Waals surface area contributed by atoms with E-state index in [1.54, 1.807) is 0 Å². The van der Waals surface area contributed by atoms with E-state index in [1.165, 1.54) is 0 Å². The molecule has 0 spiro atoms. The molecule has 0 heterocycles. The molecular formula is C11H18Cl3F3. The van der Waals surface area contributed by atoms with Crippen LogP contribution in [0.5, 0.6) is 0 Å². The van der Waals surface area contributed by atoms with E-state index in [0.717, 1.165) is 32.1 Å². The first-order valence-corrected chi connectivity index (χ1v) is 6.96. The normalized spacial score (nSPS) is 15.0. The van der Waals surface area contributed by atoms with Gasteiger partial charge in [0.1, 0.15) is 5.92 Å². The molecule has 0 aromatic heterocycles. The average molecular weight is 314 g/mol. The van der Waals surface area contributed by atoms with Crippen LogP contribution in [0.15, 0.2) is 0 Å². The molecular weight excluding hydrogens is 295 g/mol. The molecule has 17 heavy (non-hydrogen) atoms. The number of halogens is 6. The minimum Gasteiger partial charge on any atom is -0.171 e. The predicted octanol–water partition coefficient (Wildman–Crippen LogP) is 6.29. The van der Waals surface area contributed by atoms with Crippen LogP contribution < -0.4 is 0 Å². The van der Waals surface area contributed by atoms with Crippen LogP contribution in [0.4, 0.5) is 13.2 Å². The van der Waals surface area contributed by atoms with E-state index in [2.05, 4.69) is 6.92 Å². The van der Waals surface area contributed by atoms with Crippen molar-refractivity contribution in [3.05, 3.63) is 0 Å². The molecule has 0 rings (SSSR count). The van der Waals surface area contributed by atoms with Crippen LogP contribution in [0.25, 0.3) is 0 Å². The summed E-state index contributed by atoms with van der Waals surface area (Å²) in [5, 5.41) is 0. The second-order valence-corrected chi connectivity index (χ2v) is 6.56. The van der Waals surface area contributed by atoms with Crippen molar-refractivity contribution in [3.63, 3.8) is 0 Å². The molecule has 0 bridgehead atoms. The summed E-state index contributed by atoms with van der Waals surface area (Å²) in [4.78, 5) is 0. The standard InChI is InChI=1S/C11H18Cl3F3/c1-2-3-4-5-6-7-8-9(10(12,13)14)11(15,16)17/h9H,2-8H2,1H3. The summed E-state index contributed by atoms with van der Waals surface area (Å²) in [5.74, 6) is -1.87. The van der Waals surface area contributed by atoms with Crippen molar-refractivity contribution in [2.75, 3.05) is 0 Å². The Hall–Kier alpha value is 0.660. The van der Waals surface area contributed by atoms with Crippen molar-refractivity contribution >= 4 is 34.8 Å². The quantitative estimate of drug-likeness (QED) is 0.383. The van der Waals surface area contributed by atoms with E-state index >= 15 is 0 Å². The van der Waals surface area contributed by atoms with Crippen molar-refractivity contribution in [2.24, 2.45) is 5.92 Å². The van der Waals surface area contributed by atoms with Gasteiger partial charge in [-0.05, 0) is 6.42 Å². The Labute approximate surface area is 116 Å². The molecule has 1 atom stereocenters. The molecule has 1 unspecified atom stereocenters. The fourth-order valence-corrected chi connectivity index (χ4v) is 2.34. The Morgan fingerprint density at radius 3 is 1.76 bits per heavy atom. The van der Waals surface area contributed by atoms with Crippen LogP contribution in [0, 0.1) is 5.92 Å². The fraction of sp³-hybridized carbons (Fsp3) is 1.00. The Bertz CT molecular complexity index is 185. The zero-order valence-corrected chi connectivity index (χ0v) is 12.1. The molecule has 0 aliphatic rings. The monoisotopic (exact) mass is 312 g/mol. The van der Waals surface area contributed by atoms with Crippen LogP contribution >= 0.6 is 34.8 Å². The molecule has 0 fully saturated rings. The van der Waals surface area contributed by atoms with Crippen molar-refractivity contribution in [2.45, 2.75) is 61.8 Å². The van der Waals surface area contributed by atoms with E-state index < -0.39 is 15.9 Å². The summed E-state index contributed by atoms with van der Waals surface area (Å²) >= 11 is 16.1. The van der Waals surface area contributed by atoms with Gasteiger partial charge >= 0.3 is 6.18 Å². The highest BCUT2D eigenvalue weighted by molar-refractivity contribution is 6.67. The smallest absolute Gasteiger partial charge is 0.171 e. The summed E-state index contributed by atoms with van der Waals surface area (Å²) < 4.78 is 35.5. The van der Waals surface area contributed by atoms with Gasteiger partial charge in [-0.3, -0.25) is 0 Å². The van der Waals surface area contributed by atoms with Crippen molar-refractivity contribution in [3.8, 4) is 0 Å². The lowest BCUT2D eigenvalue weighted by Crippen LogP contribution is -2.34.